The zero-order valence-corrected chi connectivity index (χ0v) is 27.8. The number of rotatable bonds is 13. The number of carbonyl (C=O) groups excluding carboxylic acids is 3. The fraction of sp³-hybridized carbons (Fsp3) is 0.710. The Morgan fingerprint density at radius 3 is 2.09 bits per heavy atom. The van der Waals surface area contributed by atoms with E-state index in [1.165, 1.54) is 13.8 Å². The lowest BCUT2D eigenvalue weighted by molar-refractivity contribution is -0.336. The van der Waals surface area contributed by atoms with Crippen LogP contribution >= 0.6 is 22.6 Å². The molecule has 12 heteroatoms. The van der Waals surface area contributed by atoms with Gasteiger partial charge in [0.2, 0.25) is 0 Å². The minimum Gasteiger partial charge on any atom is -0.461 e. The number of esters is 3. The third-order valence-corrected chi connectivity index (χ3v) is 8.90. The summed E-state index contributed by atoms with van der Waals surface area (Å²) in [5.74, 6) is -2.18. The van der Waals surface area contributed by atoms with Gasteiger partial charge in [0.05, 0.1) is 25.2 Å². The molecule has 242 valence electrons. The van der Waals surface area contributed by atoms with Crippen LogP contribution in [0.15, 0.2) is 30.3 Å². The highest BCUT2D eigenvalue weighted by Gasteiger charge is 2.47. The number of benzene rings is 1. The van der Waals surface area contributed by atoms with Gasteiger partial charge in [-0.05, 0) is 17.9 Å². The molecule has 0 bridgehead atoms. The molecule has 43 heavy (non-hydrogen) atoms. The standard InChI is InChI=1S/C31H45IO11/c1-17-18(2)28(40-22(6)34)31(41-24(12-13-32)14-26(35)37-15-23-10-8-7-9-11-23)42-25(17)16-38-30-27(39-21(5)33)19(3)20(4)29(36)43-30/h7-11,17-20,24-25,27-31,36H,12-16H2,1-6H3/t17-,18-,19?,20+,24?,25?,27?,28?,29+,30+,31?/m0/s1. The van der Waals surface area contributed by atoms with Crippen molar-refractivity contribution in [1.29, 1.82) is 0 Å². The molecule has 0 aromatic heterocycles. The largest absolute Gasteiger partial charge is 0.461 e. The second-order valence-electron chi connectivity index (χ2n) is 11.4. The highest BCUT2D eigenvalue weighted by Crippen LogP contribution is 2.37. The van der Waals surface area contributed by atoms with Gasteiger partial charge in [0, 0.05) is 36.0 Å². The van der Waals surface area contributed by atoms with Gasteiger partial charge in [0.15, 0.2) is 31.1 Å². The molecule has 0 saturated carbocycles. The Hall–Kier alpha value is -1.84. The first-order valence-corrected chi connectivity index (χ1v) is 16.3. The molecule has 0 aliphatic carbocycles. The molecule has 0 amide bonds. The van der Waals surface area contributed by atoms with Crippen molar-refractivity contribution >= 4 is 40.5 Å². The fourth-order valence-corrected chi connectivity index (χ4v) is 5.95. The monoisotopic (exact) mass is 720 g/mol. The van der Waals surface area contributed by atoms with Crippen molar-refractivity contribution in [1.82, 2.24) is 0 Å². The van der Waals surface area contributed by atoms with Crippen LogP contribution in [0.4, 0.5) is 0 Å². The second-order valence-corrected chi connectivity index (χ2v) is 12.5. The van der Waals surface area contributed by atoms with Crippen LogP contribution in [0.25, 0.3) is 0 Å². The van der Waals surface area contributed by atoms with E-state index in [0.29, 0.717) is 10.8 Å². The zero-order chi connectivity index (χ0) is 31.7. The quantitative estimate of drug-likeness (QED) is 0.136. The summed E-state index contributed by atoms with van der Waals surface area (Å²) in [6.07, 6.45) is -5.02. The predicted octanol–water partition coefficient (Wildman–Crippen LogP) is 4.15. The number of alkyl halides is 1. The highest BCUT2D eigenvalue weighted by atomic mass is 127. The summed E-state index contributed by atoms with van der Waals surface area (Å²) in [5.41, 5.74) is 0.882. The molecule has 2 heterocycles. The van der Waals surface area contributed by atoms with Crippen molar-refractivity contribution in [3.63, 3.8) is 0 Å². The molecule has 2 aliphatic rings. The lowest BCUT2D eigenvalue weighted by Crippen LogP contribution is -2.56. The van der Waals surface area contributed by atoms with Gasteiger partial charge in [-0.1, -0.05) is 80.6 Å². The van der Waals surface area contributed by atoms with Gasteiger partial charge in [-0.15, -0.1) is 0 Å². The SMILES string of the molecule is CC(=O)OC1C(C)[C@@H](C)[C@H](O)O[C@H]1OCC1OC(OC(CCI)CC(=O)OCc2ccccc2)C(OC(C)=O)[C@@H](C)[C@@H]1C. The Morgan fingerprint density at radius 2 is 1.49 bits per heavy atom. The lowest BCUT2D eigenvalue weighted by Gasteiger charge is -2.46. The van der Waals surface area contributed by atoms with E-state index in [1.807, 2.05) is 58.0 Å². The average Bonchev–Trinajstić information content (AvgIpc) is 2.96. The topological polar surface area (TPSA) is 136 Å². The van der Waals surface area contributed by atoms with Gasteiger partial charge in [0.25, 0.3) is 0 Å². The van der Waals surface area contributed by atoms with Gasteiger partial charge in [-0.25, -0.2) is 0 Å². The Kier molecular flexibility index (Phi) is 14.1. The van der Waals surface area contributed by atoms with Gasteiger partial charge in [-0.3, -0.25) is 14.4 Å². The van der Waals surface area contributed by atoms with E-state index in [9.17, 15) is 19.5 Å². The molecule has 3 rings (SSSR count). The Balaban J connectivity index is 1.70. The second kappa shape index (κ2) is 17.0. The Labute approximate surface area is 267 Å². The summed E-state index contributed by atoms with van der Waals surface area (Å²) < 4.78 is 41.8. The summed E-state index contributed by atoms with van der Waals surface area (Å²) in [7, 11) is 0. The first kappa shape index (κ1) is 35.6. The van der Waals surface area contributed by atoms with Crippen LogP contribution in [0, 0.1) is 23.7 Å². The highest BCUT2D eigenvalue weighted by molar-refractivity contribution is 14.1. The predicted molar refractivity (Wildman–Crippen MR) is 162 cm³/mol. The summed E-state index contributed by atoms with van der Waals surface area (Å²) in [6.45, 7) is 10.4. The molecule has 2 aliphatic heterocycles. The van der Waals surface area contributed by atoms with E-state index in [0.717, 1.165) is 5.56 Å². The summed E-state index contributed by atoms with van der Waals surface area (Å²) >= 11 is 2.22. The molecule has 0 spiro atoms. The van der Waals surface area contributed by atoms with E-state index in [-0.39, 0.29) is 43.3 Å². The number of hydrogen-bond acceptors (Lipinski definition) is 11. The minimum atomic E-state index is -1.09. The summed E-state index contributed by atoms with van der Waals surface area (Å²) in [6, 6.07) is 9.41. The average molecular weight is 721 g/mol. The molecular formula is C31H45IO11. The maximum absolute atomic E-state index is 12.7. The molecule has 1 N–H and O–H groups in total. The molecule has 0 radical (unpaired) electrons. The van der Waals surface area contributed by atoms with E-state index in [4.69, 9.17) is 33.2 Å². The van der Waals surface area contributed by atoms with Crippen LogP contribution in [0.3, 0.4) is 0 Å². The molecule has 2 saturated heterocycles. The number of hydrogen-bond donors (Lipinski definition) is 1. The molecule has 11 atom stereocenters. The van der Waals surface area contributed by atoms with Crippen molar-refractivity contribution in [2.24, 2.45) is 23.7 Å². The van der Waals surface area contributed by atoms with Gasteiger partial charge in [0.1, 0.15) is 6.61 Å². The van der Waals surface area contributed by atoms with Crippen molar-refractivity contribution in [2.75, 3.05) is 11.0 Å². The lowest BCUT2D eigenvalue weighted by atomic mass is 9.83. The molecule has 1 aromatic carbocycles. The third-order valence-electron chi connectivity index (χ3n) is 8.27. The van der Waals surface area contributed by atoms with Crippen LogP contribution in [-0.4, -0.2) is 77.3 Å². The van der Waals surface area contributed by atoms with Gasteiger partial charge < -0.3 is 38.3 Å². The minimum absolute atomic E-state index is 0.00152. The maximum Gasteiger partial charge on any atom is 0.308 e. The Morgan fingerprint density at radius 1 is 0.884 bits per heavy atom. The first-order chi connectivity index (χ1) is 20.4. The first-order valence-electron chi connectivity index (χ1n) is 14.8. The molecule has 6 unspecified atom stereocenters. The van der Waals surface area contributed by atoms with Crippen LogP contribution in [0.5, 0.6) is 0 Å². The fourth-order valence-electron chi connectivity index (χ4n) is 5.25. The van der Waals surface area contributed by atoms with Gasteiger partial charge >= 0.3 is 17.9 Å². The van der Waals surface area contributed by atoms with Crippen molar-refractivity contribution in [3.8, 4) is 0 Å². The van der Waals surface area contributed by atoms with Crippen LogP contribution in [0.1, 0.15) is 59.9 Å². The van der Waals surface area contributed by atoms with Crippen molar-refractivity contribution in [2.45, 2.75) is 104 Å². The molecule has 2 fully saturated rings. The number of aliphatic hydroxyl groups excluding tert-OH is 1. The van der Waals surface area contributed by atoms with E-state index in [2.05, 4.69) is 22.6 Å². The third kappa shape index (κ3) is 10.4. The smallest absolute Gasteiger partial charge is 0.308 e. The Bertz CT molecular complexity index is 1040. The van der Waals surface area contributed by atoms with Crippen molar-refractivity contribution in [3.05, 3.63) is 35.9 Å². The van der Waals surface area contributed by atoms with E-state index >= 15 is 0 Å². The number of carbonyl (C=O) groups is 3. The zero-order valence-electron chi connectivity index (χ0n) is 25.7. The summed E-state index contributed by atoms with van der Waals surface area (Å²) in [4.78, 5) is 36.5. The number of aliphatic hydroxyl groups is 1. The maximum atomic E-state index is 12.7. The van der Waals surface area contributed by atoms with Crippen LogP contribution in [0.2, 0.25) is 0 Å². The number of ether oxygens (including phenoxy) is 7. The van der Waals surface area contributed by atoms with E-state index < -0.39 is 61.2 Å². The molecule has 1 aromatic rings. The summed E-state index contributed by atoms with van der Waals surface area (Å²) in [5, 5.41) is 10.4. The number of halogens is 1. The molecule has 11 nitrogen and oxygen atoms in total. The van der Waals surface area contributed by atoms with Crippen LogP contribution < -0.4 is 0 Å². The van der Waals surface area contributed by atoms with Crippen LogP contribution in [-0.2, 0) is 54.1 Å². The van der Waals surface area contributed by atoms with E-state index in [1.54, 1.807) is 0 Å². The van der Waals surface area contributed by atoms with Crippen molar-refractivity contribution < 1.29 is 52.6 Å². The normalized spacial score (nSPS) is 33.3. The molecular weight excluding hydrogens is 675 g/mol. The van der Waals surface area contributed by atoms with Gasteiger partial charge in [-0.2, -0.15) is 0 Å².